The molecule has 0 saturated heterocycles. The van der Waals surface area contributed by atoms with E-state index in [1.165, 1.54) is 28.8 Å². The SMILES string of the molecule is Fc1ccc(O[C@@H](COCc2ccccc2)CSC(c2ccccc2)(c2ccccc2)c2ccccc2)cc1. The average Bonchev–Trinajstić information content (AvgIpc) is 3.00. The molecule has 4 heteroatoms. The molecular formula is C35H31FO2S. The minimum Gasteiger partial charge on any atom is -0.487 e. The van der Waals surface area contributed by atoms with Crippen LogP contribution in [0.5, 0.6) is 5.75 Å². The van der Waals surface area contributed by atoms with Gasteiger partial charge in [0.2, 0.25) is 0 Å². The van der Waals surface area contributed by atoms with E-state index in [1.807, 2.05) is 48.2 Å². The molecule has 2 nitrogen and oxygen atoms in total. The third-order valence-corrected chi connectivity index (χ3v) is 8.24. The summed E-state index contributed by atoms with van der Waals surface area (Å²) in [5, 5.41) is 0. The molecule has 0 N–H and O–H groups in total. The summed E-state index contributed by atoms with van der Waals surface area (Å²) in [5.41, 5.74) is 4.69. The van der Waals surface area contributed by atoms with Crippen molar-refractivity contribution in [3.8, 4) is 5.75 Å². The summed E-state index contributed by atoms with van der Waals surface area (Å²) in [6.07, 6.45) is -0.264. The van der Waals surface area contributed by atoms with E-state index in [-0.39, 0.29) is 11.9 Å². The molecule has 1 atom stereocenters. The summed E-state index contributed by atoms with van der Waals surface area (Å²) in [5.74, 6) is 0.977. The van der Waals surface area contributed by atoms with Gasteiger partial charge >= 0.3 is 0 Å². The lowest BCUT2D eigenvalue weighted by Crippen LogP contribution is -2.32. The van der Waals surface area contributed by atoms with Crippen LogP contribution in [0.15, 0.2) is 146 Å². The van der Waals surface area contributed by atoms with Crippen LogP contribution >= 0.6 is 11.8 Å². The highest BCUT2D eigenvalue weighted by Gasteiger charge is 2.37. The first kappa shape index (κ1) is 26.7. The third kappa shape index (κ3) is 6.78. The maximum Gasteiger partial charge on any atom is 0.131 e. The number of ether oxygens (including phenoxy) is 2. The molecule has 0 amide bonds. The van der Waals surface area contributed by atoms with Crippen molar-refractivity contribution in [1.29, 1.82) is 0 Å². The molecule has 0 saturated carbocycles. The molecule has 0 radical (unpaired) electrons. The van der Waals surface area contributed by atoms with Gasteiger partial charge in [0, 0.05) is 5.75 Å². The number of rotatable bonds is 12. The predicted molar refractivity (Wildman–Crippen MR) is 159 cm³/mol. The van der Waals surface area contributed by atoms with Crippen LogP contribution in [0.2, 0.25) is 0 Å². The number of hydrogen-bond acceptors (Lipinski definition) is 3. The second kappa shape index (κ2) is 13.3. The molecule has 5 aromatic carbocycles. The molecule has 39 heavy (non-hydrogen) atoms. The van der Waals surface area contributed by atoms with E-state index >= 15 is 0 Å². The maximum atomic E-state index is 13.6. The molecule has 5 rings (SSSR count). The zero-order valence-corrected chi connectivity index (χ0v) is 22.5. The number of halogens is 1. The van der Waals surface area contributed by atoms with E-state index < -0.39 is 4.75 Å². The van der Waals surface area contributed by atoms with E-state index in [9.17, 15) is 4.39 Å². The Bertz CT molecular complexity index is 1300. The fourth-order valence-electron chi connectivity index (χ4n) is 4.69. The van der Waals surface area contributed by atoms with Crippen molar-refractivity contribution in [1.82, 2.24) is 0 Å². The molecule has 196 valence electrons. The number of thioether (sulfide) groups is 1. The Morgan fingerprint density at radius 3 is 1.54 bits per heavy atom. The molecule has 0 aliphatic heterocycles. The summed E-state index contributed by atoms with van der Waals surface area (Å²) in [4.78, 5) is 0. The van der Waals surface area contributed by atoms with Crippen molar-refractivity contribution in [2.45, 2.75) is 17.5 Å². The Morgan fingerprint density at radius 2 is 1.05 bits per heavy atom. The average molecular weight is 535 g/mol. The Morgan fingerprint density at radius 1 is 0.590 bits per heavy atom. The molecule has 0 unspecified atom stereocenters. The zero-order valence-electron chi connectivity index (χ0n) is 21.7. The van der Waals surface area contributed by atoms with Crippen LogP contribution in [-0.2, 0) is 16.1 Å². The first-order valence-corrected chi connectivity index (χ1v) is 14.1. The van der Waals surface area contributed by atoms with Crippen molar-refractivity contribution in [3.05, 3.63) is 174 Å². The van der Waals surface area contributed by atoms with Crippen LogP contribution in [0.4, 0.5) is 4.39 Å². The molecular weight excluding hydrogens is 503 g/mol. The molecule has 0 aliphatic carbocycles. The standard InChI is InChI=1S/C35H31FO2S/c36-32-21-23-33(24-22-32)38-34(26-37-25-28-13-5-1-6-14-28)27-39-35(29-15-7-2-8-16-29,30-17-9-3-10-18-30)31-19-11-4-12-20-31/h1-24,34H,25-27H2/t34-/m0/s1. The van der Waals surface area contributed by atoms with Crippen LogP contribution in [-0.4, -0.2) is 18.5 Å². The minimum atomic E-state index is -0.465. The summed E-state index contributed by atoms with van der Waals surface area (Å²) in [7, 11) is 0. The van der Waals surface area contributed by atoms with Gasteiger partial charge in [-0.3, -0.25) is 0 Å². The van der Waals surface area contributed by atoms with Crippen molar-refractivity contribution >= 4 is 11.8 Å². The fraction of sp³-hybridized carbons (Fsp3) is 0.143. The second-order valence-electron chi connectivity index (χ2n) is 9.28. The van der Waals surface area contributed by atoms with Gasteiger partial charge in [-0.25, -0.2) is 4.39 Å². The second-order valence-corrected chi connectivity index (χ2v) is 10.5. The maximum absolute atomic E-state index is 13.6. The topological polar surface area (TPSA) is 18.5 Å². The van der Waals surface area contributed by atoms with Gasteiger partial charge < -0.3 is 9.47 Å². The van der Waals surface area contributed by atoms with Crippen molar-refractivity contribution in [2.75, 3.05) is 12.4 Å². The van der Waals surface area contributed by atoms with Crippen molar-refractivity contribution < 1.29 is 13.9 Å². The molecule has 5 aromatic rings. The smallest absolute Gasteiger partial charge is 0.131 e. The lowest BCUT2D eigenvalue weighted by atomic mass is 9.84. The summed E-state index contributed by atoms with van der Waals surface area (Å²) in [6.45, 7) is 0.893. The quantitative estimate of drug-likeness (QED) is 0.150. The Labute approximate surface area is 234 Å². The highest BCUT2D eigenvalue weighted by Crippen LogP contribution is 2.48. The van der Waals surface area contributed by atoms with Gasteiger partial charge in [-0.15, -0.1) is 11.8 Å². The third-order valence-electron chi connectivity index (χ3n) is 6.56. The zero-order chi connectivity index (χ0) is 26.8. The molecule has 0 spiro atoms. The largest absolute Gasteiger partial charge is 0.487 e. The van der Waals surface area contributed by atoms with Gasteiger partial charge in [0.05, 0.1) is 18.0 Å². The lowest BCUT2D eigenvalue weighted by molar-refractivity contribution is 0.0512. The van der Waals surface area contributed by atoms with E-state index in [0.29, 0.717) is 24.7 Å². The Hall–Kier alpha value is -3.86. The van der Waals surface area contributed by atoms with Gasteiger partial charge in [0.1, 0.15) is 17.7 Å². The van der Waals surface area contributed by atoms with Gasteiger partial charge in [-0.1, -0.05) is 121 Å². The first-order chi connectivity index (χ1) is 19.2. The molecule has 0 aliphatic rings. The van der Waals surface area contributed by atoms with Crippen LogP contribution in [0.25, 0.3) is 0 Å². The number of benzene rings is 5. The van der Waals surface area contributed by atoms with Gasteiger partial charge in [-0.2, -0.15) is 0 Å². The van der Waals surface area contributed by atoms with Crippen LogP contribution in [0.3, 0.4) is 0 Å². The Balaban J connectivity index is 1.47. The predicted octanol–water partition coefficient (Wildman–Crippen LogP) is 8.52. The summed E-state index contributed by atoms with van der Waals surface area (Å²) < 4.78 is 25.7. The number of hydrogen-bond donors (Lipinski definition) is 0. The summed E-state index contributed by atoms with van der Waals surface area (Å²) in [6, 6.07) is 48.1. The molecule has 0 heterocycles. The normalized spacial score (nSPS) is 12.1. The molecule has 0 fully saturated rings. The molecule has 0 bridgehead atoms. The van der Waals surface area contributed by atoms with Crippen LogP contribution in [0, 0.1) is 5.82 Å². The summed E-state index contributed by atoms with van der Waals surface area (Å²) >= 11 is 1.83. The highest BCUT2D eigenvalue weighted by atomic mass is 32.2. The fourth-order valence-corrected chi connectivity index (χ4v) is 6.20. The van der Waals surface area contributed by atoms with E-state index in [1.54, 1.807) is 12.1 Å². The monoisotopic (exact) mass is 534 g/mol. The molecule has 0 aromatic heterocycles. The van der Waals surface area contributed by atoms with E-state index in [4.69, 9.17) is 9.47 Å². The van der Waals surface area contributed by atoms with Crippen molar-refractivity contribution in [2.24, 2.45) is 0 Å². The van der Waals surface area contributed by atoms with E-state index in [2.05, 4.69) is 84.9 Å². The van der Waals surface area contributed by atoms with Gasteiger partial charge in [-0.05, 0) is 46.5 Å². The highest BCUT2D eigenvalue weighted by molar-refractivity contribution is 8.00. The first-order valence-electron chi connectivity index (χ1n) is 13.1. The lowest BCUT2D eigenvalue weighted by Gasteiger charge is -2.36. The van der Waals surface area contributed by atoms with Crippen molar-refractivity contribution in [3.63, 3.8) is 0 Å². The Kier molecular flexibility index (Phi) is 9.10. The minimum absolute atomic E-state index is 0.264. The van der Waals surface area contributed by atoms with Gasteiger partial charge in [0.15, 0.2) is 0 Å². The van der Waals surface area contributed by atoms with Gasteiger partial charge in [0.25, 0.3) is 0 Å². The van der Waals surface area contributed by atoms with Crippen LogP contribution < -0.4 is 4.74 Å². The van der Waals surface area contributed by atoms with E-state index in [0.717, 1.165) is 5.56 Å². The van der Waals surface area contributed by atoms with Crippen LogP contribution in [0.1, 0.15) is 22.3 Å².